The Kier molecular flexibility index (Phi) is 6.09. The van der Waals surface area contributed by atoms with Crippen molar-refractivity contribution in [2.75, 3.05) is 0 Å². The minimum atomic E-state index is 0.876. The van der Waals surface area contributed by atoms with Gasteiger partial charge in [-0.3, -0.25) is 0 Å². The van der Waals surface area contributed by atoms with Crippen LogP contribution in [0.5, 0.6) is 0 Å². The normalized spacial score (nSPS) is 12.1. The lowest BCUT2D eigenvalue weighted by molar-refractivity contribution is 0.669. The summed E-state index contributed by atoms with van der Waals surface area (Å²) in [7, 11) is 0. The first-order chi connectivity index (χ1) is 26.8. The Morgan fingerprint density at radius 1 is 0.259 bits per heavy atom. The maximum Gasteiger partial charge on any atom is 0.143 e. The smallest absolute Gasteiger partial charge is 0.143 e. The minimum absolute atomic E-state index is 0.876. The highest BCUT2D eigenvalue weighted by Crippen LogP contribution is 2.46. The van der Waals surface area contributed by atoms with E-state index in [0.29, 0.717) is 0 Å². The molecule has 0 radical (unpaired) electrons. The van der Waals surface area contributed by atoms with Crippen LogP contribution in [-0.4, -0.2) is 0 Å². The van der Waals surface area contributed by atoms with Crippen LogP contribution in [0, 0.1) is 0 Å². The first-order valence-electron chi connectivity index (χ1n) is 18.5. The van der Waals surface area contributed by atoms with Gasteiger partial charge in [-0.1, -0.05) is 133 Å². The molecule has 12 rings (SSSR count). The highest BCUT2D eigenvalue weighted by molar-refractivity contribution is 6.26. The van der Waals surface area contributed by atoms with Crippen LogP contribution in [0.25, 0.3) is 120 Å². The fraction of sp³-hybridized carbons (Fsp3) is 0. The van der Waals surface area contributed by atoms with E-state index in [-0.39, 0.29) is 0 Å². The average Bonchev–Trinajstić information content (AvgIpc) is 3.81. The highest BCUT2D eigenvalue weighted by Gasteiger charge is 2.20. The molecule has 0 N–H and O–H groups in total. The molecule has 0 spiro atoms. The van der Waals surface area contributed by atoms with E-state index in [0.717, 1.165) is 60.2 Å². The summed E-state index contributed by atoms with van der Waals surface area (Å²) in [5.41, 5.74) is 10.8. The van der Waals surface area contributed by atoms with Crippen molar-refractivity contribution < 1.29 is 8.83 Å². The second kappa shape index (κ2) is 11.2. The van der Waals surface area contributed by atoms with E-state index >= 15 is 0 Å². The largest absolute Gasteiger partial charge is 0.456 e. The molecule has 0 bridgehead atoms. The Morgan fingerprint density at radius 2 is 0.796 bits per heavy atom. The molecule has 0 amide bonds. The third-order valence-electron chi connectivity index (χ3n) is 11.4. The van der Waals surface area contributed by atoms with E-state index < -0.39 is 0 Å². The predicted molar refractivity (Wildman–Crippen MR) is 227 cm³/mol. The lowest BCUT2D eigenvalue weighted by Crippen LogP contribution is -1.91. The molecular weight excluding hydrogens is 657 g/mol. The topological polar surface area (TPSA) is 26.3 Å². The first kappa shape index (κ1) is 29.4. The number of hydrogen-bond donors (Lipinski definition) is 0. The third-order valence-corrected chi connectivity index (χ3v) is 11.4. The average molecular weight is 687 g/mol. The maximum absolute atomic E-state index is 6.66. The molecule has 54 heavy (non-hydrogen) atoms. The summed E-state index contributed by atoms with van der Waals surface area (Å²) in [6.45, 7) is 0. The van der Waals surface area contributed by atoms with Gasteiger partial charge in [-0.2, -0.15) is 0 Å². The first-order valence-corrected chi connectivity index (χ1v) is 18.5. The summed E-state index contributed by atoms with van der Waals surface area (Å²) in [6, 6.07) is 65.6. The zero-order valence-electron chi connectivity index (χ0n) is 29.1. The third kappa shape index (κ3) is 4.22. The molecule has 0 saturated heterocycles. The quantitative estimate of drug-likeness (QED) is 0.173. The van der Waals surface area contributed by atoms with Crippen molar-refractivity contribution >= 4 is 87.0 Å². The Morgan fingerprint density at radius 3 is 1.54 bits per heavy atom. The van der Waals surface area contributed by atoms with Crippen molar-refractivity contribution in [2.24, 2.45) is 0 Å². The predicted octanol–water partition coefficient (Wildman–Crippen LogP) is 15.1. The van der Waals surface area contributed by atoms with Crippen LogP contribution in [0.15, 0.2) is 191 Å². The molecule has 0 aliphatic rings. The van der Waals surface area contributed by atoms with Crippen LogP contribution >= 0.6 is 0 Å². The van der Waals surface area contributed by atoms with Gasteiger partial charge >= 0.3 is 0 Å². The van der Waals surface area contributed by atoms with E-state index in [9.17, 15) is 0 Å². The molecular formula is C52H30O2. The van der Waals surface area contributed by atoms with Crippen LogP contribution in [0.2, 0.25) is 0 Å². The molecule has 0 unspecified atom stereocenters. The zero-order chi connectivity index (χ0) is 35.3. The molecule has 2 nitrogen and oxygen atoms in total. The SMILES string of the molecule is c1ccc(-c2ccc3ccc(-c4c5ccccc5c(-c5ccc6c(c5)oc5ccc7c(ccc8c9ccccc9oc87)c56)c5ccccc45)cc3c2)cc1. The van der Waals surface area contributed by atoms with E-state index in [2.05, 4.69) is 170 Å². The number of hydrogen-bond acceptors (Lipinski definition) is 2. The Balaban J connectivity index is 1.06. The summed E-state index contributed by atoms with van der Waals surface area (Å²) in [4.78, 5) is 0. The Hall–Kier alpha value is -7.16. The summed E-state index contributed by atoms with van der Waals surface area (Å²) in [5.74, 6) is 0. The number of rotatable bonds is 3. The van der Waals surface area contributed by atoms with Crippen LogP contribution in [0.4, 0.5) is 0 Å². The van der Waals surface area contributed by atoms with Gasteiger partial charge in [0.15, 0.2) is 0 Å². The standard InChI is InChI=1S/C52H30O2/c1-2-10-31(11-3-1)33-20-18-32-19-21-34(29-36(32)28-33)49-38-13-4-6-15-40(38)50(41-16-7-5-14-39(41)49)35-22-23-45-48(30-35)53-47-27-26-44-42(51(45)47)24-25-43-37-12-8-9-17-46(37)54-52(43)44/h1-30H. The molecule has 10 aromatic carbocycles. The molecule has 0 atom stereocenters. The van der Waals surface area contributed by atoms with Crippen molar-refractivity contribution in [3.8, 4) is 33.4 Å². The van der Waals surface area contributed by atoms with Gasteiger partial charge in [0.25, 0.3) is 0 Å². The number of fused-ring (bicyclic) bond motifs is 12. The van der Waals surface area contributed by atoms with E-state index in [4.69, 9.17) is 8.83 Å². The van der Waals surface area contributed by atoms with Gasteiger partial charge in [0.2, 0.25) is 0 Å². The van der Waals surface area contributed by atoms with Crippen LogP contribution in [-0.2, 0) is 0 Å². The van der Waals surface area contributed by atoms with Crippen LogP contribution in [0.1, 0.15) is 0 Å². The van der Waals surface area contributed by atoms with Gasteiger partial charge in [0.05, 0.1) is 0 Å². The highest BCUT2D eigenvalue weighted by atomic mass is 16.3. The Bertz CT molecular complexity index is 3430. The van der Waals surface area contributed by atoms with Crippen molar-refractivity contribution in [1.82, 2.24) is 0 Å². The summed E-state index contributed by atoms with van der Waals surface area (Å²) < 4.78 is 13.1. The number of benzene rings is 10. The molecule has 2 heteroatoms. The van der Waals surface area contributed by atoms with Crippen LogP contribution in [0.3, 0.4) is 0 Å². The molecule has 250 valence electrons. The van der Waals surface area contributed by atoms with Gasteiger partial charge in [-0.15, -0.1) is 0 Å². The molecule has 12 aromatic rings. The van der Waals surface area contributed by atoms with E-state index in [1.165, 1.54) is 60.1 Å². The van der Waals surface area contributed by atoms with E-state index in [1.54, 1.807) is 0 Å². The molecule has 0 fully saturated rings. The molecule has 0 aliphatic heterocycles. The molecule has 0 aliphatic carbocycles. The van der Waals surface area contributed by atoms with Gasteiger partial charge in [-0.25, -0.2) is 0 Å². The second-order valence-corrected chi connectivity index (χ2v) is 14.4. The van der Waals surface area contributed by atoms with Gasteiger partial charge < -0.3 is 8.83 Å². The zero-order valence-corrected chi connectivity index (χ0v) is 29.1. The summed E-state index contributed by atoms with van der Waals surface area (Å²) in [5, 5.41) is 14.1. The fourth-order valence-corrected chi connectivity index (χ4v) is 8.98. The van der Waals surface area contributed by atoms with Gasteiger partial charge in [0.1, 0.15) is 22.3 Å². The minimum Gasteiger partial charge on any atom is -0.456 e. The lowest BCUT2D eigenvalue weighted by Gasteiger charge is -2.18. The molecule has 2 aromatic heterocycles. The molecule has 0 saturated carbocycles. The fourth-order valence-electron chi connectivity index (χ4n) is 8.98. The summed E-state index contributed by atoms with van der Waals surface area (Å²) in [6.07, 6.45) is 0. The second-order valence-electron chi connectivity index (χ2n) is 14.4. The van der Waals surface area contributed by atoms with E-state index in [1.807, 2.05) is 12.1 Å². The van der Waals surface area contributed by atoms with Crippen molar-refractivity contribution in [3.05, 3.63) is 182 Å². The Labute approximate surface area is 310 Å². The summed E-state index contributed by atoms with van der Waals surface area (Å²) >= 11 is 0. The van der Waals surface area contributed by atoms with Crippen LogP contribution < -0.4 is 0 Å². The number of furan rings is 2. The molecule has 2 heterocycles. The maximum atomic E-state index is 6.66. The van der Waals surface area contributed by atoms with Gasteiger partial charge in [0, 0.05) is 26.9 Å². The van der Waals surface area contributed by atoms with Crippen molar-refractivity contribution in [3.63, 3.8) is 0 Å². The van der Waals surface area contributed by atoms with Crippen molar-refractivity contribution in [2.45, 2.75) is 0 Å². The lowest BCUT2D eigenvalue weighted by atomic mass is 9.85. The van der Waals surface area contributed by atoms with Crippen molar-refractivity contribution in [1.29, 1.82) is 0 Å². The monoisotopic (exact) mass is 686 g/mol. The van der Waals surface area contributed by atoms with Gasteiger partial charge in [-0.05, 0) is 120 Å². The number of para-hydroxylation sites is 1.